The Bertz CT molecular complexity index is 744. The van der Waals surface area contributed by atoms with Crippen molar-refractivity contribution in [2.24, 2.45) is 17.3 Å². The van der Waals surface area contributed by atoms with E-state index in [1.54, 1.807) is 0 Å². The summed E-state index contributed by atoms with van der Waals surface area (Å²) < 4.78 is 5.96. The second-order valence-electron chi connectivity index (χ2n) is 9.67. The molecule has 0 aromatic rings. The van der Waals surface area contributed by atoms with Crippen molar-refractivity contribution in [1.82, 2.24) is 4.90 Å². The standard InChI is InChI=1S/C23H33NO4/c1-15(2)7-6-8-16(3)9-11-22(4,5)13-24-14-23-12-10-17(28-23)18(21(26)27)19(23)20(24)25/h7,9-10,12,17-19H,6,8,11,13-14H2,1-5H3,(H,26,27)/b16-9-/t17-,18+,19+,23-/m0/s1. The number of hydrogen-bond acceptors (Lipinski definition) is 3. The van der Waals surface area contributed by atoms with Crippen molar-refractivity contribution in [3.05, 3.63) is 35.5 Å². The zero-order chi connectivity index (χ0) is 20.7. The molecular formula is C23H33NO4. The number of allylic oxidation sites excluding steroid dienone is 4. The van der Waals surface area contributed by atoms with Crippen LogP contribution in [-0.4, -0.2) is 46.7 Å². The van der Waals surface area contributed by atoms with Crippen LogP contribution in [0.25, 0.3) is 0 Å². The maximum atomic E-state index is 13.0. The zero-order valence-corrected chi connectivity index (χ0v) is 17.7. The average molecular weight is 388 g/mol. The van der Waals surface area contributed by atoms with Gasteiger partial charge in [-0.05, 0) is 45.4 Å². The van der Waals surface area contributed by atoms with Gasteiger partial charge in [0.05, 0.1) is 18.6 Å². The summed E-state index contributed by atoms with van der Waals surface area (Å²) in [5.41, 5.74) is 1.89. The molecule has 1 amide bonds. The molecule has 2 fully saturated rings. The number of rotatable bonds is 8. The van der Waals surface area contributed by atoms with Crippen molar-refractivity contribution in [2.75, 3.05) is 13.1 Å². The van der Waals surface area contributed by atoms with E-state index in [9.17, 15) is 14.7 Å². The van der Waals surface area contributed by atoms with E-state index < -0.39 is 29.5 Å². The Morgan fingerprint density at radius 1 is 1.36 bits per heavy atom. The average Bonchev–Trinajstić information content (AvgIpc) is 3.21. The van der Waals surface area contributed by atoms with Gasteiger partial charge < -0.3 is 14.7 Å². The third-order valence-electron chi connectivity index (χ3n) is 6.18. The molecule has 0 unspecified atom stereocenters. The Morgan fingerprint density at radius 3 is 2.71 bits per heavy atom. The fraction of sp³-hybridized carbons (Fsp3) is 0.652. The SMILES string of the molecule is CC(C)=CCC/C(C)=C\CC(C)(C)CN1C[C@]23C=C[C@H](O2)[C@@H](C(=O)O)[C@@H]3C1=O. The van der Waals surface area contributed by atoms with Crippen molar-refractivity contribution >= 4 is 11.9 Å². The summed E-state index contributed by atoms with van der Waals surface area (Å²) in [7, 11) is 0. The minimum absolute atomic E-state index is 0.0726. The first-order valence-electron chi connectivity index (χ1n) is 10.2. The molecule has 0 aromatic heterocycles. The third-order valence-corrected chi connectivity index (χ3v) is 6.18. The van der Waals surface area contributed by atoms with Crippen LogP contribution in [0.4, 0.5) is 0 Å². The lowest BCUT2D eigenvalue weighted by Gasteiger charge is -2.31. The van der Waals surface area contributed by atoms with Crippen LogP contribution in [0.3, 0.4) is 0 Å². The summed E-state index contributed by atoms with van der Waals surface area (Å²) in [5.74, 6) is -2.36. The normalized spacial score (nSPS) is 31.5. The van der Waals surface area contributed by atoms with Crippen molar-refractivity contribution in [2.45, 2.75) is 65.6 Å². The van der Waals surface area contributed by atoms with Gasteiger partial charge in [0.2, 0.25) is 5.91 Å². The summed E-state index contributed by atoms with van der Waals surface area (Å²) in [4.78, 5) is 26.5. The smallest absolute Gasteiger partial charge is 0.310 e. The molecule has 5 heteroatoms. The van der Waals surface area contributed by atoms with Crippen LogP contribution < -0.4 is 0 Å². The monoisotopic (exact) mass is 387 g/mol. The fourth-order valence-electron chi connectivity index (χ4n) is 4.72. The summed E-state index contributed by atoms with van der Waals surface area (Å²) in [6.45, 7) is 11.8. The lowest BCUT2D eigenvalue weighted by molar-refractivity contribution is -0.148. The van der Waals surface area contributed by atoms with Gasteiger partial charge in [-0.25, -0.2) is 0 Å². The number of fused-ring (bicyclic) bond motifs is 1. The van der Waals surface area contributed by atoms with Gasteiger partial charge in [-0.1, -0.05) is 49.3 Å². The number of likely N-dealkylation sites (tertiary alicyclic amines) is 1. The van der Waals surface area contributed by atoms with Gasteiger partial charge in [-0.15, -0.1) is 0 Å². The predicted octanol–water partition coefficient (Wildman–Crippen LogP) is 3.96. The van der Waals surface area contributed by atoms with Gasteiger partial charge in [0.1, 0.15) is 11.5 Å². The summed E-state index contributed by atoms with van der Waals surface area (Å²) in [5, 5.41) is 9.57. The molecule has 2 saturated heterocycles. The highest BCUT2D eigenvalue weighted by molar-refractivity contribution is 5.90. The number of carbonyl (C=O) groups is 2. The van der Waals surface area contributed by atoms with Gasteiger partial charge in [0, 0.05) is 6.54 Å². The van der Waals surface area contributed by atoms with E-state index in [2.05, 4.69) is 46.8 Å². The molecule has 3 heterocycles. The molecule has 3 rings (SSSR count). The van der Waals surface area contributed by atoms with E-state index in [0.29, 0.717) is 13.1 Å². The molecule has 3 aliphatic heterocycles. The molecule has 0 radical (unpaired) electrons. The predicted molar refractivity (Wildman–Crippen MR) is 109 cm³/mol. The van der Waals surface area contributed by atoms with Gasteiger partial charge >= 0.3 is 5.97 Å². The maximum Gasteiger partial charge on any atom is 0.310 e. The lowest BCUT2D eigenvalue weighted by atomic mass is 9.77. The summed E-state index contributed by atoms with van der Waals surface area (Å²) in [6.07, 6.45) is 10.8. The van der Waals surface area contributed by atoms with E-state index in [1.807, 2.05) is 17.1 Å². The first-order valence-corrected chi connectivity index (χ1v) is 10.2. The first-order chi connectivity index (χ1) is 13.0. The topological polar surface area (TPSA) is 66.8 Å². The van der Waals surface area contributed by atoms with E-state index in [1.165, 1.54) is 11.1 Å². The van der Waals surface area contributed by atoms with E-state index >= 15 is 0 Å². The molecule has 5 nitrogen and oxygen atoms in total. The molecule has 0 aromatic carbocycles. The molecule has 1 N–H and O–H groups in total. The van der Waals surface area contributed by atoms with Crippen molar-refractivity contribution in [3.63, 3.8) is 0 Å². The van der Waals surface area contributed by atoms with E-state index in [-0.39, 0.29) is 11.3 Å². The second-order valence-corrected chi connectivity index (χ2v) is 9.67. The number of carbonyl (C=O) groups excluding carboxylic acids is 1. The number of carboxylic acids is 1. The van der Waals surface area contributed by atoms with Crippen LogP contribution in [0.1, 0.15) is 53.9 Å². The maximum absolute atomic E-state index is 13.0. The highest BCUT2D eigenvalue weighted by atomic mass is 16.5. The summed E-state index contributed by atoms with van der Waals surface area (Å²) in [6, 6.07) is 0. The first kappa shape index (κ1) is 20.8. The molecule has 1 spiro atoms. The Kier molecular flexibility index (Phi) is 5.59. The fourth-order valence-corrected chi connectivity index (χ4v) is 4.72. The number of amides is 1. The Morgan fingerprint density at radius 2 is 2.07 bits per heavy atom. The van der Waals surface area contributed by atoms with E-state index in [4.69, 9.17) is 4.74 Å². The van der Waals surface area contributed by atoms with Gasteiger partial charge in [0.15, 0.2) is 0 Å². The minimum Gasteiger partial charge on any atom is -0.481 e. The summed E-state index contributed by atoms with van der Waals surface area (Å²) >= 11 is 0. The quantitative estimate of drug-likeness (QED) is 0.640. The van der Waals surface area contributed by atoms with Gasteiger partial charge in [-0.3, -0.25) is 9.59 Å². The molecule has 4 atom stereocenters. The third kappa shape index (κ3) is 3.95. The van der Waals surface area contributed by atoms with Crippen LogP contribution in [0.2, 0.25) is 0 Å². The van der Waals surface area contributed by atoms with Gasteiger partial charge in [-0.2, -0.15) is 0 Å². The molecular weight excluding hydrogens is 354 g/mol. The van der Waals surface area contributed by atoms with Crippen LogP contribution in [0.5, 0.6) is 0 Å². The number of ether oxygens (including phenoxy) is 1. The molecule has 154 valence electrons. The Hall–Kier alpha value is -1.88. The molecule has 0 saturated carbocycles. The van der Waals surface area contributed by atoms with Crippen molar-refractivity contribution in [1.29, 1.82) is 0 Å². The lowest BCUT2D eigenvalue weighted by Crippen LogP contribution is -2.40. The van der Waals surface area contributed by atoms with Crippen molar-refractivity contribution in [3.8, 4) is 0 Å². The molecule has 28 heavy (non-hydrogen) atoms. The minimum atomic E-state index is -0.939. The molecule has 3 aliphatic rings. The van der Waals surface area contributed by atoms with Crippen LogP contribution >= 0.6 is 0 Å². The Labute approximate surface area is 168 Å². The molecule has 0 aliphatic carbocycles. The van der Waals surface area contributed by atoms with Crippen LogP contribution in [-0.2, 0) is 14.3 Å². The largest absolute Gasteiger partial charge is 0.481 e. The van der Waals surface area contributed by atoms with Gasteiger partial charge in [0.25, 0.3) is 0 Å². The van der Waals surface area contributed by atoms with Crippen LogP contribution in [0.15, 0.2) is 35.5 Å². The zero-order valence-electron chi connectivity index (χ0n) is 17.7. The highest BCUT2D eigenvalue weighted by Crippen LogP contribution is 2.52. The van der Waals surface area contributed by atoms with Crippen molar-refractivity contribution < 1.29 is 19.4 Å². The van der Waals surface area contributed by atoms with E-state index in [0.717, 1.165) is 19.3 Å². The molecule has 2 bridgehead atoms. The number of hydrogen-bond donors (Lipinski definition) is 1. The number of aliphatic carboxylic acids is 1. The number of carboxylic acid groups (broad SMARTS) is 1. The van der Waals surface area contributed by atoms with Crippen LogP contribution in [0, 0.1) is 17.3 Å². The Balaban J connectivity index is 1.62. The number of nitrogens with zero attached hydrogens (tertiary/aromatic N) is 1. The highest BCUT2D eigenvalue weighted by Gasteiger charge is 2.67. The second kappa shape index (κ2) is 7.51.